The van der Waals surface area contributed by atoms with E-state index < -0.39 is 22.4 Å². The number of imidazole rings is 1. The standard InChI is InChI=1S/C28H27N9O6S/c1-14-4-5-16(23(29)30)12-20(14)43-28-35-25-22(34-26(39)19(33-25)13-44(40)41)27(36-28)42-18-9-15(10-21(38)37(2)3)8-17(11-18)24-31-6-7-32-24/h4-9,11-12H,10,13H2,1-3H3,(H3,29,30)(H,31,32)(H,34,39)(H,40,41)/p-1. The maximum absolute atomic E-state index is 12.7. The largest absolute Gasteiger partial charge is 0.772 e. The molecule has 3 heterocycles. The molecule has 0 saturated carbocycles. The van der Waals surface area contributed by atoms with Gasteiger partial charge in [-0.15, -0.1) is 0 Å². The van der Waals surface area contributed by atoms with E-state index in [2.05, 4.69) is 29.9 Å². The van der Waals surface area contributed by atoms with Crippen LogP contribution in [0, 0.1) is 12.3 Å². The number of nitrogens with zero attached hydrogens (tertiary/aromatic N) is 5. The molecular formula is C28H26N9O6S-. The van der Waals surface area contributed by atoms with Gasteiger partial charge in [0.25, 0.3) is 11.4 Å². The Kier molecular flexibility index (Phi) is 8.45. The SMILES string of the molecule is Cc1ccc(C(=N)N)cc1Oc1nc(Oc2cc(CC(=O)N(C)C)cc(-c3ncc[nH]3)c2)c2[nH]c(=O)c(CS(=O)[O-])nc2n1. The third kappa shape index (κ3) is 6.77. The zero-order valence-electron chi connectivity index (χ0n) is 23.7. The Labute approximate surface area is 252 Å². The normalized spacial score (nSPS) is 11.7. The molecular weight excluding hydrogens is 590 g/mol. The molecule has 1 unspecified atom stereocenters. The summed E-state index contributed by atoms with van der Waals surface area (Å²) in [5.41, 5.74) is 6.77. The Morgan fingerprint density at radius 2 is 1.93 bits per heavy atom. The summed E-state index contributed by atoms with van der Waals surface area (Å²) >= 11 is -2.59. The van der Waals surface area contributed by atoms with Crippen molar-refractivity contribution in [2.24, 2.45) is 5.73 Å². The number of hydrogen-bond acceptors (Lipinski definition) is 11. The van der Waals surface area contributed by atoms with E-state index in [1.54, 1.807) is 69.8 Å². The number of aromatic amines is 2. The number of benzene rings is 2. The van der Waals surface area contributed by atoms with Crippen LogP contribution in [0.5, 0.6) is 23.4 Å². The number of amides is 1. The number of hydrogen-bond donors (Lipinski definition) is 4. The van der Waals surface area contributed by atoms with Gasteiger partial charge in [0, 0.05) is 37.6 Å². The Hall–Kier alpha value is -5.48. The molecule has 3 aromatic heterocycles. The van der Waals surface area contributed by atoms with Gasteiger partial charge in [0.2, 0.25) is 5.91 Å². The molecule has 1 atom stereocenters. The average molecular weight is 617 g/mol. The average Bonchev–Trinajstić information content (AvgIpc) is 3.50. The van der Waals surface area contributed by atoms with Gasteiger partial charge >= 0.3 is 6.01 Å². The fourth-order valence-corrected chi connectivity index (χ4v) is 4.51. The molecule has 44 heavy (non-hydrogen) atoms. The number of nitrogens with two attached hydrogens (primary N) is 1. The molecule has 16 heteroatoms. The molecule has 0 aliphatic carbocycles. The fourth-order valence-electron chi connectivity index (χ4n) is 4.10. The highest BCUT2D eigenvalue weighted by molar-refractivity contribution is 7.78. The molecule has 0 radical (unpaired) electrons. The predicted molar refractivity (Wildman–Crippen MR) is 159 cm³/mol. The Balaban J connectivity index is 1.64. The first kappa shape index (κ1) is 30.0. The van der Waals surface area contributed by atoms with Gasteiger partial charge in [0.05, 0.1) is 12.2 Å². The van der Waals surface area contributed by atoms with Crippen molar-refractivity contribution in [3.05, 3.63) is 81.5 Å². The molecule has 2 aromatic carbocycles. The first-order chi connectivity index (χ1) is 21.0. The lowest BCUT2D eigenvalue weighted by atomic mass is 10.1. The van der Waals surface area contributed by atoms with Gasteiger partial charge in [0.15, 0.2) is 11.2 Å². The molecule has 5 N–H and O–H groups in total. The molecule has 1 amide bonds. The van der Waals surface area contributed by atoms with Crippen molar-refractivity contribution in [3.63, 3.8) is 0 Å². The van der Waals surface area contributed by atoms with Crippen LogP contribution in [0.3, 0.4) is 0 Å². The van der Waals surface area contributed by atoms with Crippen LogP contribution in [0.2, 0.25) is 0 Å². The second-order valence-electron chi connectivity index (χ2n) is 9.84. The first-order valence-corrected chi connectivity index (χ1v) is 14.2. The van der Waals surface area contributed by atoms with Gasteiger partial charge in [-0.2, -0.15) is 9.97 Å². The van der Waals surface area contributed by atoms with Crippen LogP contribution < -0.4 is 20.8 Å². The molecule has 5 aromatic rings. The van der Waals surface area contributed by atoms with Crippen LogP contribution in [-0.4, -0.2) is 69.4 Å². The van der Waals surface area contributed by atoms with Crippen LogP contribution in [0.25, 0.3) is 22.6 Å². The summed E-state index contributed by atoms with van der Waals surface area (Å²) in [7, 11) is 3.30. The summed E-state index contributed by atoms with van der Waals surface area (Å²) in [6, 6.07) is 9.77. The van der Waals surface area contributed by atoms with Crippen molar-refractivity contribution in [1.82, 2.24) is 34.8 Å². The maximum atomic E-state index is 12.7. The van der Waals surface area contributed by atoms with Crippen molar-refractivity contribution in [1.29, 1.82) is 5.41 Å². The van der Waals surface area contributed by atoms with E-state index in [1.807, 2.05) is 0 Å². The molecule has 0 bridgehead atoms. The summed E-state index contributed by atoms with van der Waals surface area (Å²) in [4.78, 5) is 49.4. The minimum Gasteiger partial charge on any atom is -0.772 e. The minimum atomic E-state index is -2.59. The third-order valence-electron chi connectivity index (χ3n) is 6.34. The smallest absolute Gasteiger partial charge is 0.327 e. The monoisotopic (exact) mass is 616 g/mol. The van der Waals surface area contributed by atoms with E-state index >= 15 is 0 Å². The van der Waals surface area contributed by atoms with E-state index in [9.17, 15) is 18.4 Å². The van der Waals surface area contributed by atoms with Gasteiger partial charge in [-0.05, 0) is 53.4 Å². The maximum Gasteiger partial charge on any atom is 0.327 e. The molecule has 5 rings (SSSR count). The van der Waals surface area contributed by atoms with Gasteiger partial charge in [-0.3, -0.25) is 19.2 Å². The van der Waals surface area contributed by atoms with Gasteiger partial charge in [-0.25, -0.2) is 9.97 Å². The first-order valence-electron chi connectivity index (χ1n) is 13.0. The number of amidine groups is 1. The van der Waals surface area contributed by atoms with E-state index in [1.165, 1.54) is 4.90 Å². The lowest BCUT2D eigenvalue weighted by Gasteiger charge is -2.14. The summed E-state index contributed by atoms with van der Waals surface area (Å²) in [6.07, 6.45) is 3.30. The molecule has 15 nitrogen and oxygen atoms in total. The fraction of sp³-hybridized carbons (Fsp3) is 0.179. The van der Waals surface area contributed by atoms with Crippen LogP contribution in [0.4, 0.5) is 0 Å². The minimum absolute atomic E-state index is 0.0219. The Morgan fingerprint density at radius 3 is 2.61 bits per heavy atom. The van der Waals surface area contributed by atoms with Crippen LogP contribution >= 0.6 is 0 Å². The molecule has 0 saturated heterocycles. The Morgan fingerprint density at radius 1 is 1.14 bits per heavy atom. The summed E-state index contributed by atoms with van der Waals surface area (Å²) in [6.45, 7) is 1.77. The van der Waals surface area contributed by atoms with Crippen LogP contribution in [-0.2, 0) is 28.0 Å². The lowest BCUT2D eigenvalue weighted by Crippen LogP contribution is -2.23. The molecule has 0 aliphatic heterocycles. The Bertz CT molecular complexity index is 1980. The second-order valence-corrected chi connectivity index (χ2v) is 10.7. The number of nitrogen functional groups attached to an aromatic ring is 1. The number of fused-ring (bicyclic) bond motifs is 1. The van der Waals surface area contributed by atoms with Gasteiger partial charge in [0.1, 0.15) is 28.9 Å². The summed E-state index contributed by atoms with van der Waals surface area (Å²) < 4.78 is 34.8. The highest BCUT2D eigenvalue weighted by Crippen LogP contribution is 2.32. The number of likely N-dealkylation sites (N-methyl/N-ethyl adjacent to an activating group) is 1. The quantitative estimate of drug-likeness (QED) is 0.101. The predicted octanol–water partition coefficient (Wildman–Crippen LogP) is 2.29. The van der Waals surface area contributed by atoms with Crippen molar-refractivity contribution >= 4 is 34.0 Å². The van der Waals surface area contributed by atoms with Crippen molar-refractivity contribution in [3.8, 4) is 34.8 Å². The molecule has 0 fully saturated rings. The van der Waals surface area contributed by atoms with E-state index in [4.69, 9.17) is 20.6 Å². The molecule has 0 spiro atoms. The zero-order chi connectivity index (χ0) is 31.5. The van der Waals surface area contributed by atoms with Gasteiger partial charge in [-0.1, -0.05) is 12.1 Å². The number of ether oxygens (including phenoxy) is 2. The van der Waals surface area contributed by atoms with E-state index in [0.29, 0.717) is 28.1 Å². The second kappa shape index (κ2) is 12.4. The highest BCUT2D eigenvalue weighted by atomic mass is 32.2. The number of aryl methyl sites for hydroxylation is 1. The lowest BCUT2D eigenvalue weighted by molar-refractivity contribution is -0.127. The molecule has 226 valence electrons. The van der Waals surface area contributed by atoms with Crippen molar-refractivity contribution < 1.29 is 23.0 Å². The zero-order valence-corrected chi connectivity index (χ0v) is 24.5. The van der Waals surface area contributed by atoms with Gasteiger partial charge < -0.3 is 34.6 Å². The molecule has 0 aliphatic rings. The third-order valence-corrected chi connectivity index (χ3v) is 6.85. The number of carbonyl (C=O) groups excluding carboxylic acids is 1. The van der Waals surface area contributed by atoms with E-state index in [0.717, 1.165) is 0 Å². The van der Waals surface area contributed by atoms with Crippen molar-refractivity contribution in [2.75, 3.05) is 14.1 Å². The summed E-state index contributed by atoms with van der Waals surface area (Å²) in [5.74, 6) is -0.0635. The number of H-pyrrole nitrogens is 2. The number of rotatable bonds is 10. The van der Waals surface area contributed by atoms with Crippen LogP contribution in [0.15, 0.2) is 53.6 Å². The highest BCUT2D eigenvalue weighted by Gasteiger charge is 2.19. The number of aromatic nitrogens is 6. The van der Waals surface area contributed by atoms with E-state index in [-0.39, 0.29) is 58.4 Å². The number of nitrogens with one attached hydrogen (secondary N) is 3. The summed E-state index contributed by atoms with van der Waals surface area (Å²) in [5, 5.41) is 7.75. The van der Waals surface area contributed by atoms with Crippen LogP contribution in [0.1, 0.15) is 22.4 Å². The van der Waals surface area contributed by atoms with Crippen molar-refractivity contribution in [2.45, 2.75) is 19.1 Å². The number of carbonyl (C=O) groups is 1. The topological polar surface area (TPSA) is 229 Å².